The lowest BCUT2D eigenvalue weighted by molar-refractivity contribution is 0.0681. The van der Waals surface area contributed by atoms with Crippen LogP contribution in [0.1, 0.15) is 47.2 Å². The fourth-order valence-electron chi connectivity index (χ4n) is 3.34. The van der Waals surface area contributed by atoms with E-state index in [4.69, 9.17) is 18.0 Å². The van der Waals surface area contributed by atoms with Gasteiger partial charge in [0.1, 0.15) is 0 Å². The Labute approximate surface area is 125 Å². The van der Waals surface area contributed by atoms with Crippen LogP contribution < -0.4 is 5.73 Å². The van der Waals surface area contributed by atoms with Crippen LogP contribution in [0.15, 0.2) is 18.2 Å². The summed E-state index contributed by atoms with van der Waals surface area (Å²) in [4.78, 5) is 15.0. The lowest BCUT2D eigenvalue weighted by Gasteiger charge is -2.35. The Morgan fingerprint density at radius 2 is 2.00 bits per heavy atom. The number of hydrogen-bond acceptors (Lipinski definition) is 2. The number of aryl methyl sites for hydroxylation is 2. The Morgan fingerprint density at radius 3 is 2.80 bits per heavy atom. The second-order valence-corrected chi connectivity index (χ2v) is 6.22. The molecule has 1 fully saturated rings. The number of piperidine rings is 1. The van der Waals surface area contributed by atoms with Crippen molar-refractivity contribution < 1.29 is 4.79 Å². The summed E-state index contributed by atoms with van der Waals surface area (Å²) in [5.74, 6) is 0.0807. The van der Waals surface area contributed by atoms with Crippen molar-refractivity contribution in [1.29, 1.82) is 0 Å². The van der Waals surface area contributed by atoms with Crippen LogP contribution >= 0.6 is 12.2 Å². The van der Waals surface area contributed by atoms with Gasteiger partial charge in [0.15, 0.2) is 0 Å². The molecule has 1 unspecified atom stereocenters. The zero-order valence-corrected chi connectivity index (χ0v) is 12.4. The van der Waals surface area contributed by atoms with E-state index < -0.39 is 0 Å². The molecule has 106 valence electrons. The second-order valence-electron chi connectivity index (χ2n) is 5.75. The van der Waals surface area contributed by atoms with Gasteiger partial charge >= 0.3 is 0 Å². The van der Waals surface area contributed by atoms with Gasteiger partial charge in [-0.2, -0.15) is 0 Å². The molecule has 3 nitrogen and oxygen atoms in total. The summed E-state index contributed by atoms with van der Waals surface area (Å²) < 4.78 is 0. The average molecular weight is 288 g/mol. The van der Waals surface area contributed by atoms with Gasteiger partial charge < -0.3 is 10.6 Å². The number of nitrogens with two attached hydrogens (primary N) is 1. The summed E-state index contributed by atoms with van der Waals surface area (Å²) >= 11 is 5.13. The minimum absolute atomic E-state index is 0.0699. The third-order valence-corrected chi connectivity index (χ3v) is 4.71. The topological polar surface area (TPSA) is 46.3 Å². The Hall–Kier alpha value is -1.42. The Kier molecular flexibility index (Phi) is 3.74. The number of carbonyl (C=O) groups excluding carboxylic acids is 1. The van der Waals surface area contributed by atoms with Crippen LogP contribution in [0.25, 0.3) is 0 Å². The number of amides is 1. The van der Waals surface area contributed by atoms with Crippen molar-refractivity contribution in [2.24, 2.45) is 5.73 Å². The average Bonchev–Trinajstić information content (AvgIpc) is 2.93. The monoisotopic (exact) mass is 288 g/mol. The highest BCUT2D eigenvalue weighted by Crippen LogP contribution is 2.25. The SMILES string of the molecule is NC(=S)C1CCCCN1C(=O)c1ccc2c(c1)CCC2. The number of rotatable bonds is 2. The van der Waals surface area contributed by atoms with Crippen LogP contribution in [0.3, 0.4) is 0 Å². The van der Waals surface area contributed by atoms with Crippen molar-refractivity contribution >= 4 is 23.1 Å². The van der Waals surface area contributed by atoms with Crippen molar-refractivity contribution in [2.75, 3.05) is 6.54 Å². The Morgan fingerprint density at radius 1 is 1.20 bits per heavy atom. The van der Waals surface area contributed by atoms with E-state index in [0.717, 1.165) is 44.2 Å². The second kappa shape index (κ2) is 5.52. The van der Waals surface area contributed by atoms with Crippen LogP contribution in [0.5, 0.6) is 0 Å². The van der Waals surface area contributed by atoms with Crippen molar-refractivity contribution in [2.45, 2.75) is 44.6 Å². The van der Waals surface area contributed by atoms with Gasteiger partial charge in [-0.05, 0) is 61.8 Å². The van der Waals surface area contributed by atoms with Gasteiger partial charge in [0, 0.05) is 12.1 Å². The number of fused-ring (bicyclic) bond motifs is 1. The van der Waals surface area contributed by atoms with E-state index >= 15 is 0 Å². The predicted molar refractivity (Wildman–Crippen MR) is 83.9 cm³/mol. The lowest BCUT2D eigenvalue weighted by Crippen LogP contribution is -2.49. The van der Waals surface area contributed by atoms with E-state index in [1.807, 2.05) is 11.0 Å². The van der Waals surface area contributed by atoms with Gasteiger partial charge in [-0.3, -0.25) is 4.79 Å². The van der Waals surface area contributed by atoms with Crippen LogP contribution in [0.2, 0.25) is 0 Å². The number of likely N-dealkylation sites (tertiary alicyclic amines) is 1. The fourth-order valence-corrected chi connectivity index (χ4v) is 3.59. The molecule has 1 aliphatic carbocycles. The molecule has 1 amide bonds. The highest BCUT2D eigenvalue weighted by Gasteiger charge is 2.29. The summed E-state index contributed by atoms with van der Waals surface area (Å²) in [6, 6.07) is 6.06. The molecule has 1 aromatic carbocycles. The molecule has 4 heteroatoms. The standard InChI is InChI=1S/C16H20N2OS/c17-15(20)14-6-1-2-9-18(14)16(19)13-8-7-11-4-3-5-12(11)10-13/h7-8,10,14H,1-6,9H2,(H2,17,20). The normalized spacial score (nSPS) is 21.6. The smallest absolute Gasteiger partial charge is 0.254 e. The zero-order chi connectivity index (χ0) is 14.1. The first-order valence-corrected chi connectivity index (χ1v) is 7.80. The maximum absolute atomic E-state index is 12.7. The predicted octanol–water partition coefficient (Wildman–Crippen LogP) is 2.46. The quantitative estimate of drug-likeness (QED) is 0.850. The van der Waals surface area contributed by atoms with E-state index in [2.05, 4.69) is 12.1 Å². The largest absolute Gasteiger partial charge is 0.392 e. The van der Waals surface area contributed by atoms with Crippen molar-refractivity contribution in [3.8, 4) is 0 Å². The Bertz CT molecular complexity index is 555. The van der Waals surface area contributed by atoms with Gasteiger partial charge in [-0.15, -0.1) is 0 Å². The first kappa shape index (κ1) is 13.6. The van der Waals surface area contributed by atoms with Crippen LogP contribution in [0, 0.1) is 0 Å². The molecule has 2 N–H and O–H groups in total. The lowest BCUT2D eigenvalue weighted by atomic mass is 9.99. The first-order valence-electron chi connectivity index (χ1n) is 7.39. The molecule has 0 aromatic heterocycles. The van der Waals surface area contributed by atoms with Gasteiger partial charge in [-0.25, -0.2) is 0 Å². The van der Waals surface area contributed by atoms with Crippen molar-refractivity contribution in [3.05, 3.63) is 34.9 Å². The molecular formula is C16H20N2OS. The third kappa shape index (κ3) is 2.44. The fraction of sp³-hybridized carbons (Fsp3) is 0.500. The molecule has 2 aliphatic rings. The molecule has 0 radical (unpaired) electrons. The molecule has 0 saturated carbocycles. The van der Waals surface area contributed by atoms with Gasteiger partial charge in [0.05, 0.1) is 11.0 Å². The molecule has 1 atom stereocenters. The molecule has 1 heterocycles. The van der Waals surface area contributed by atoms with E-state index in [-0.39, 0.29) is 11.9 Å². The van der Waals surface area contributed by atoms with Gasteiger partial charge in [0.25, 0.3) is 5.91 Å². The molecule has 1 saturated heterocycles. The van der Waals surface area contributed by atoms with E-state index in [0.29, 0.717) is 4.99 Å². The van der Waals surface area contributed by atoms with Gasteiger partial charge in [0.2, 0.25) is 0 Å². The molecular weight excluding hydrogens is 268 g/mol. The van der Waals surface area contributed by atoms with E-state index in [9.17, 15) is 4.79 Å². The number of carbonyl (C=O) groups is 1. The third-order valence-electron chi connectivity index (χ3n) is 4.44. The van der Waals surface area contributed by atoms with Crippen molar-refractivity contribution in [3.63, 3.8) is 0 Å². The minimum Gasteiger partial charge on any atom is -0.392 e. The molecule has 3 rings (SSSR count). The number of hydrogen-bond donors (Lipinski definition) is 1. The Balaban J connectivity index is 1.85. The van der Waals surface area contributed by atoms with Crippen LogP contribution in [-0.4, -0.2) is 28.4 Å². The van der Waals surface area contributed by atoms with Gasteiger partial charge in [-0.1, -0.05) is 18.3 Å². The summed E-state index contributed by atoms with van der Waals surface area (Å²) in [7, 11) is 0. The molecule has 1 aliphatic heterocycles. The number of thiocarbonyl (C=S) groups is 1. The zero-order valence-electron chi connectivity index (χ0n) is 11.6. The maximum Gasteiger partial charge on any atom is 0.254 e. The number of nitrogens with zero attached hydrogens (tertiary/aromatic N) is 1. The summed E-state index contributed by atoms with van der Waals surface area (Å²) in [6.07, 6.45) is 6.46. The molecule has 1 aromatic rings. The van der Waals surface area contributed by atoms with E-state index in [1.165, 1.54) is 17.5 Å². The van der Waals surface area contributed by atoms with Crippen LogP contribution in [-0.2, 0) is 12.8 Å². The highest BCUT2D eigenvalue weighted by atomic mass is 32.1. The van der Waals surface area contributed by atoms with E-state index in [1.54, 1.807) is 0 Å². The summed E-state index contributed by atoms with van der Waals surface area (Å²) in [5, 5.41) is 0. The number of benzene rings is 1. The molecule has 0 bridgehead atoms. The maximum atomic E-state index is 12.7. The highest BCUT2D eigenvalue weighted by molar-refractivity contribution is 7.80. The summed E-state index contributed by atoms with van der Waals surface area (Å²) in [6.45, 7) is 0.762. The molecule has 0 spiro atoms. The summed E-state index contributed by atoms with van der Waals surface area (Å²) in [5.41, 5.74) is 9.31. The molecule has 20 heavy (non-hydrogen) atoms. The first-order chi connectivity index (χ1) is 9.66. The van der Waals surface area contributed by atoms with Crippen LogP contribution in [0.4, 0.5) is 0 Å². The minimum atomic E-state index is -0.0699. The van der Waals surface area contributed by atoms with Crippen molar-refractivity contribution in [1.82, 2.24) is 4.90 Å².